The molecular weight excluding hydrogens is 327 g/mol. The number of hydrogen-bond acceptors (Lipinski definition) is 3. The molecule has 0 amide bonds. The van der Waals surface area contributed by atoms with Gasteiger partial charge in [-0.05, 0) is 60.0 Å². The fourth-order valence-corrected chi connectivity index (χ4v) is 3.36. The average Bonchev–Trinajstić information content (AvgIpc) is 2.69. The SMILES string of the molecule is O=Cc1ccc(N2CCc3ccccc3C2)cc1Nc1ccc(F)cc1. The van der Waals surface area contributed by atoms with Crippen molar-refractivity contribution in [3.05, 3.63) is 89.2 Å². The van der Waals surface area contributed by atoms with Crippen LogP contribution >= 0.6 is 0 Å². The van der Waals surface area contributed by atoms with Gasteiger partial charge in [0.1, 0.15) is 5.82 Å². The maximum Gasteiger partial charge on any atom is 0.152 e. The molecule has 0 spiro atoms. The molecule has 0 aliphatic carbocycles. The van der Waals surface area contributed by atoms with Crippen molar-refractivity contribution in [3.63, 3.8) is 0 Å². The van der Waals surface area contributed by atoms with Crippen molar-refractivity contribution in [3.8, 4) is 0 Å². The van der Waals surface area contributed by atoms with Gasteiger partial charge in [-0.1, -0.05) is 24.3 Å². The van der Waals surface area contributed by atoms with Crippen LogP contribution < -0.4 is 10.2 Å². The molecule has 0 saturated heterocycles. The summed E-state index contributed by atoms with van der Waals surface area (Å²) in [6, 6.07) is 20.4. The topological polar surface area (TPSA) is 32.3 Å². The van der Waals surface area contributed by atoms with Crippen molar-refractivity contribution in [1.82, 2.24) is 0 Å². The molecule has 1 heterocycles. The van der Waals surface area contributed by atoms with Crippen LogP contribution in [0.5, 0.6) is 0 Å². The zero-order valence-corrected chi connectivity index (χ0v) is 14.3. The molecule has 1 aliphatic rings. The molecule has 4 rings (SSSR count). The number of hydrogen-bond donors (Lipinski definition) is 1. The van der Waals surface area contributed by atoms with Crippen LogP contribution in [0, 0.1) is 5.82 Å². The first-order chi connectivity index (χ1) is 12.7. The van der Waals surface area contributed by atoms with E-state index in [-0.39, 0.29) is 5.82 Å². The molecule has 0 unspecified atom stereocenters. The van der Waals surface area contributed by atoms with Gasteiger partial charge in [0.2, 0.25) is 0 Å². The average molecular weight is 346 g/mol. The van der Waals surface area contributed by atoms with Crippen LogP contribution in [-0.2, 0) is 13.0 Å². The smallest absolute Gasteiger partial charge is 0.152 e. The van der Waals surface area contributed by atoms with E-state index in [0.717, 1.165) is 42.9 Å². The molecule has 0 radical (unpaired) electrons. The van der Waals surface area contributed by atoms with Gasteiger partial charge < -0.3 is 10.2 Å². The van der Waals surface area contributed by atoms with Crippen LogP contribution in [0.1, 0.15) is 21.5 Å². The predicted octanol–water partition coefficient (Wildman–Crippen LogP) is 4.94. The highest BCUT2D eigenvalue weighted by Gasteiger charge is 2.17. The molecule has 3 nitrogen and oxygen atoms in total. The van der Waals surface area contributed by atoms with Gasteiger partial charge in [0, 0.05) is 30.0 Å². The van der Waals surface area contributed by atoms with Gasteiger partial charge in [-0.25, -0.2) is 4.39 Å². The second-order valence-electron chi connectivity index (χ2n) is 6.46. The lowest BCUT2D eigenvalue weighted by Crippen LogP contribution is -2.30. The molecule has 0 bridgehead atoms. The molecule has 1 aliphatic heterocycles. The maximum absolute atomic E-state index is 13.1. The lowest BCUT2D eigenvalue weighted by molar-refractivity contribution is 0.112. The largest absolute Gasteiger partial charge is 0.367 e. The Hall–Kier alpha value is -3.14. The summed E-state index contributed by atoms with van der Waals surface area (Å²) >= 11 is 0. The number of nitrogens with one attached hydrogen (secondary N) is 1. The van der Waals surface area contributed by atoms with Crippen LogP contribution in [0.25, 0.3) is 0 Å². The van der Waals surface area contributed by atoms with Gasteiger partial charge in [0.15, 0.2) is 6.29 Å². The summed E-state index contributed by atoms with van der Waals surface area (Å²) in [6.07, 6.45) is 1.84. The Balaban J connectivity index is 1.62. The Morgan fingerprint density at radius 3 is 2.50 bits per heavy atom. The van der Waals surface area contributed by atoms with E-state index in [1.165, 1.54) is 23.3 Å². The molecule has 0 atom stereocenters. The third kappa shape index (κ3) is 3.31. The normalized spacial score (nSPS) is 13.2. The maximum atomic E-state index is 13.1. The van der Waals surface area contributed by atoms with Crippen molar-refractivity contribution in [1.29, 1.82) is 0 Å². The van der Waals surface area contributed by atoms with E-state index in [1.807, 2.05) is 18.2 Å². The Kier molecular flexibility index (Phi) is 4.40. The number of carbonyl (C=O) groups is 1. The fourth-order valence-electron chi connectivity index (χ4n) is 3.36. The quantitative estimate of drug-likeness (QED) is 0.679. The van der Waals surface area contributed by atoms with Crippen LogP contribution in [-0.4, -0.2) is 12.8 Å². The first-order valence-electron chi connectivity index (χ1n) is 8.66. The molecule has 0 saturated carbocycles. The number of halogens is 1. The van der Waals surface area contributed by atoms with Crippen LogP contribution in [0.4, 0.5) is 21.5 Å². The minimum Gasteiger partial charge on any atom is -0.367 e. The second-order valence-corrected chi connectivity index (χ2v) is 6.46. The monoisotopic (exact) mass is 346 g/mol. The Labute approximate surface area is 152 Å². The zero-order chi connectivity index (χ0) is 17.9. The predicted molar refractivity (Wildman–Crippen MR) is 103 cm³/mol. The van der Waals surface area contributed by atoms with Crippen molar-refractivity contribution < 1.29 is 9.18 Å². The number of carbonyl (C=O) groups excluding carboxylic acids is 1. The van der Waals surface area contributed by atoms with Crippen molar-refractivity contribution >= 4 is 23.3 Å². The van der Waals surface area contributed by atoms with Crippen molar-refractivity contribution in [2.45, 2.75) is 13.0 Å². The van der Waals surface area contributed by atoms with E-state index in [2.05, 4.69) is 34.5 Å². The van der Waals surface area contributed by atoms with Crippen molar-refractivity contribution in [2.75, 3.05) is 16.8 Å². The highest BCUT2D eigenvalue weighted by atomic mass is 19.1. The highest BCUT2D eigenvalue weighted by Crippen LogP contribution is 2.29. The van der Waals surface area contributed by atoms with Crippen LogP contribution in [0.3, 0.4) is 0 Å². The third-order valence-electron chi connectivity index (χ3n) is 4.78. The first-order valence-corrected chi connectivity index (χ1v) is 8.66. The summed E-state index contributed by atoms with van der Waals surface area (Å²) < 4.78 is 13.1. The second kappa shape index (κ2) is 7.00. The highest BCUT2D eigenvalue weighted by molar-refractivity contribution is 5.87. The lowest BCUT2D eigenvalue weighted by Gasteiger charge is -2.31. The molecule has 1 N–H and O–H groups in total. The number of nitrogens with zero attached hydrogens (tertiary/aromatic N) is 1. The molecule has 26 heavy (non-hydrogen) atoms. The van der Waals surface area contributed by atoms with E-state index in [9.17, 15) is 9.18 Å². The van der Waals surface area contributed by atoms with E-state index < -0.39 is 0 Å². The first kappa shape index (κ1) is 16.3. The van der Waals surface area contributed by atoms with E-state index in [0.29, 0.717) is 5.56 Å². The molecular formula is C22H19FN2O. The minimum atomic E-state index is -0.285. The van der Waals surface area contributed by atoms with Gasteiger partial charge in [0.25, 0.3) is 0 Å². The summed E-state index contributed by atoms with van der Waals surface area (Å²) in [5.74, 6) is -0.285. The van der Waals surface area contributed by atoms with E-state index in [1.54, 1.807) is 12.1 Å². The van der Waals surface area contributed by atoms with Crippen LogP contribution in [0.15, 0.2) is 66.7 Å². The minimum absolute atomic E-state index is 0.285. The van der Waals surface area contributed by atoms with Gasteiger partial charge in [-0.2, -0.15) is 0 Å². The Morgan fingerprint density at radius 1 is 0.962 bits per heavy atom. The fraction of sp³-hybridized carbons (Fsp3) is 0.136. The molecule has 0 fully saturated rings. The van der Waals surface area contributed by atoms with Gasteiger partial charge >= 0.3 is 0 Å². The number of fused-ring (bicyclic) bond motifs is 1. The lowest BCUT2D eigenvalue weighted by atomic mass is 9.99. The number of rotatable bonds is 4. The number of benzene rings is 3. The molecule has 4 heteroatoms. The third-order valence-corrected chi connectivity index (χ3v) is 4.78. The molecule has 130 valence electrons. The Morgan fingerprint density at radius 2 is 1.73 bits per heavy atom. The van der Waals surface area contributed by atoms with Gasteiger partial charge in [0.05, 0.1) is 5.69 Å². The summed E-state index contributed by atoms with van der Waals surface area (Å²) in [7, 11) is 0. The zero-order valence-electron chi connectivity index (χ0n) is 14.3. The summed E-state index contributed by atoms with van der Waals surface area (Å²) in [4.78, 5) is 13.7. The number of aldehydes is 1. The Bertz CT molecular complexity index is 937. The standard InChI is InChI=1S/C22H19FN2O/c23-19-6-8-20(9-7-19)24-22-13-21(10-5-18(22)15-26)25-12-11-16-3-1-2-4-17(16)14-25/h1-10,13,15,24H,11-12,14H2. The van der Waals surface area contributed by atoms with E-state index >= 15 is 0 Å². The molecule has 0 aromatic heterocycles. The molecule has 3 aromatic rings. The molecule has 3 aromatic carbocycles. The van der Waals surface area contributed by atoms with Gasteiger partial charge in [-0.15, -0.1) is 0 Å². The van der Waals surface area contributed by atoms with E-state index in [4.69, 9.17) is 0 Å². The summed E-state index contributed by atoms with van der Waals surface area (Å²) in [5.41, 5.74) is 5.85. The summed E-state index contributed by atoms with van der Waals surface area (Å²) in [5, 5.41) is 3.22. The van der Waals surface area contributed by atoms with Gasteiger partial charge in [-0.3, -0.25) is 4.79 Å². The summed E-state index contributed by atoms with van der Waals surface area (Å²) in [6.45, 7) is 1.79. The van der Waals surface area contributed by atoms with Crippen molar-refractivity contribution in [2.24, 2.45) is 0 Å². The number of anilines is 3. The van der Waals surface area contributed by atoms with Crippen LogP contribution in [0.2, 0.25) is 0 Å².